The fourth-order valence-corrected chi connectivity index (χ4v) is 2.41. The van der Waals surface area contributed by atoms with Crippen LogP contribution in [0.25, 0.3) is 0 Å². The maximum Gasteiger partial charge on any atom is 0.411 e. The lowest BCUT2D eigenvalue weighted by atomic mass is 10.2. The summed E-state index contributed by atoms with van der Waals surface area (Å²) in [4.78, 5) is 35.5. The Kier molecular flexibility index (Phi) is 7.37. The fourth-order valence-electron chi connectivity index (χ4n) is 2.03. The van der Waals surface area contributed by atoms with E-state index in [1.54, 1.807) is 30.3 Å². The molecular formula is C17H18BrN3O5. The van der Waals surface area contributed by atoms with Crippen molar-refractivity contribution in [1.82, 2.24) is 4.57 Å². The van der Waals surface area contributed by atoms with Crippen molar-refractivity contribution in [1.29, 1.82) is 0 Å². The first-order chi connectivity index (χ1) is 12.5. The quantitative estimate of drug-likeness (QED) is 0.666. The van der Waals surface area contributed by atoms with Gasteiger partial charge < -0.3 is 19.4 Å². The predicted molar refractivity (Wildman–Crippen MR) is 100 cm³/mol. The highest BCUT2D eigenvalue weighted by atomic mass is 79.9. The summed E-state index contributed by atoms with van der Waals surface area (Å²) < 4.78 is 11.7. The van der Waals surface area contributed by atoms with Crippen LogP contribution in [0.2, 0.25) is 0 Å². The standard InChI is InChI=1S/C17H18BrN3O5/c1-25-7-8-26-17(24)20-14-4-2-3-13(9-14)19-15(22)11-21-10-12(18)5-6-16(21)23/h2-6,9-10H,7-8,11H2,1H3,(H,19,22)(H,20,24). The summed E-state index contributed by atoms with van der Waals surface area (Å²) in [5, 5.41) is 5.23. The number of carbonyl (C=O) groups is 2. The number of ether oxygens (including phenoxy) is 2. The zero-order valence-electron chi connectivity index (χ0n) is 14.0. The number of methoxy groups -OCH3 is 1. The average Bonchev–Trinajstić information content (AvgIpc) is 2.58. The van der Waals surface area contributed by atoms with Gasteiger partial charge in [-0.15, -0.1) is 0 Å². The molecule has 0 atom stereocenters. The third-order valence-corrected chi connectivity index (χ3v) is 3.64. The Balaban J connectivity index is 1.95. The first kappa shape index (κ1) is 19.7. The molecule has 2 N–H and O–H groups in total. The summed E-state index contributed by atoms with van der Waals surface area (Å²) in [7, 11) is 1.51. The lowest BCUT2D eigenvalue weighted by molar-refractivity contribution is -0.116. The molecule has 2 aromatic rings. The lowest BCUT2D eigenvalue weighted by Crippen LogP contribution is -2.26. The van der Waals surface area contributed by atoms with E-state index in [1.165, 1.54) is 23.9 Å². The van der Waals surface area contributed by atoms with Gasteiger partial charge >= 0.3 is 6.09 Å². The molecule has 0 aliphatic rings. The molecule has 1 heterocycles. The van der Waals surface area contributed by atoms with E-state index >= 15 is 0 Å². The minimum Gasteiger partial charge on any atom is -0.447 e. The average molecular weight is 424 g/mol. The number of nitrogens with one attached hydrogen (secondary N) is 2. The van der Waals surface area contributed by atoms with E-state index in [0.29, 0.717) is 22.5 Å². The molecule has 1 aromatic carbocycles. The van der Waals surface area contributed by atoms with Crippen LogP contribution in [0.5, 0.6) is 0 Å². The Hall–Kier alpha value is -2.65. The van der Waals surface area contributed by atoms with E-state index < -0.39 is 6.09 Å². The van der Waals surface area contributed by atoms with E-state index in [9.17, 15) is 14.4 Å². The van der Waals surface area contributed by atoms with Crippen molar-refractivity contribution in [3.63, 3.8) is 0 Å². The van der Waals surface area contributed by atoms with Gasteiger partial charge in [-0.05, 0) is 40.2 Å². The maximum atomic E-state index is 12.1. The van der Waals surface area contributed by atoms with Crippen molar-refractivity contribution in [2.24, 2.45) is 0 Å². The van der Waals surface area contributed by atoms with Crippen LogP contribution in [-0.4, -0.2) is 36.9 Å². The van der Waals surface area contributed by atoms with Gasteiger partial charge in [-0.1, -0.05) is 6.07 Å². The zero-order valence-corrected chi connectivity index (χ0v) is 15.6. The monoisotopic (exact) mass is 423 g/mol. The third kappa shape index (κ3) is 6.34. The third-order valence-electron chi connectivity index (χ3n) is 3.17. The van der Waals surface area contributed by atoms with Crippen LogP contribution in [0.1, 0.15) is 0 Å². The first-order valence-electron chi connectivity index (χ1n) is 7.66. The Morgan fingerprint density at radius 3 is 2.58 bits per heavy atom. The number of amides is 2. The molecule has 8 nitrogen and oxygen atoms in total. The molecular weight excluding hydrogens is 406 g/mol. The van der Waals surface area contributed by atoms with Gasteiger partial charge in [-0.2, -0.15) is 0 Å². The van der Waals surface area contributed by atoms with Gasteiger partial charge in [-0.3, -0.25) is 14.9 Å². The summed E-state index contributed by atoms with van der Waals surface area (Å²) in [6.07, 6.45) is 0.918. The minimum absolute atomic E-state index is 0.130. The number of aromatic nitrogens is 1. The molecule has 2 amide bonds. The van der Waals surface area contributed by atoms with E-state index in [1.807, 2.05) is 0 Å². The molecule has 0 fully saturated rings. The summed E-state index contributed by atoms with van der Waals surface area (Å²) in [6.45, 7) is 0.313. The van der Waals surface area contributed by atoms with Crippen molar-refractivity contribution in [2.45, 2.75) is 6.54 Å². The second-order valence-electron chi connectivity index (χ2n) is 5.20. The molecule has 9 heteroatoms. The van der Waals surface area contributed by atoms with Crippen molar-refractivity contribution >= 4 is 39.3 Å². The van der Waals surface area contributed by atoms with Gasteiger partial charge in [0, 0.05) is 35.2 Å². The molecule has 0 saturated carbocycles. The number of anilines is 2. The molecule has 0 aliphatic heterocycles. The zero-order chi connectivity index (χ0) is 18.9. The van der Waals surface area contributed by atoms with E-state index in [-0.39, 0.29) is 24.6 Å². The van der Waals surface area contributed by atoms with Crippen molar-refractivity contribution in [3.8, 4) is 0 Å². The fraction of sp³-hybridized carbons (Fsp3) is 0.235. The van der Waals surface area contributed by atoms with E-state index in [4.69, 9.17) is 9.47 Å². The summed E-state index contributed by atoms with van der Waals surface area (Å²) >= 11 is 3.26. The number of carbonyl (C=O) groups excluding carboxylic acids is 2. The Morgan fingerprint density at radius 2 is 1.85 bits per heavy atom. The summed E-state index contributed by atoms with van der Waals surface area (Å²) in [6, 6.07) is 9.56. The molecule has 0 radical (unpaired) electrons. The maximum absolute atomic E-state index is 12.1. The number of hydrogen-bond donors (Lipinski definition) is 2. The second-order valence-corrected chi connectivity index (χ2v) is 6.11. The Bertz CT molecular complexity index is 837. The highest BCUT2D eigenvalue weighted by molar-refractivity contribution is 9.10. The van der Waals surface area contributed by atoms with E-state index in [0.717, 1.165) is 0 Å². The SMILES string of the molecule is COCCOC(=O)Nc1cccc(NC(=O)Cn2cc(Br)ccc2=O)c1. The van der Waals surface area contributed by atoms with Crippen LogP contribution < -0.4 is 16.2 Å². The van der Waals surface area contributed by atoms with Crippen molar-refractivity contribution in [2.75, 3.05) is 31.0 Å². The van der Waals surface area contributed by atoms with Gasteiger partial charge in [0.2, 0.25) is 5.91 Å². The normalized spacial score (nSPS) is 10.2. The lowest BCUT2D eigenvalue weighted by Gasteiger charge is -2.10. The molecule has 0 unspecified atom stereocenters. The molecule has 0 saturated heterocycles. The Morgan fingerprint density at radius 1 is 1.12 bits per heavy atom. The van der Waals surface area contributed by atoms with Gasteiger partial charge in [0.15, 0.2) is 0 Å². The molecule has 2 rings (SSSR count). The van der Waals surface area contributed by atoms with Crippen LogP contribution in [0.15, 0.2) is 51.9 Å². The van der Waals surface area contributed by atoms with Crippen LogP contribution >= 0.6 is 15.9 Å². The van der Waals surface area contributed by atoms with Crippen LogP contribution in [-0.2, 0) is 20.8 Å². The minimum atomic E-state index is -0.619. The summed E-state index contributed by atoms with van der Waals surface area (Å²) in [5.74, 6) is -0.370. The largest absolute Gasteiger partial charge is 0.447 e. The number of nitrogens with zero attached hydrogens (tertiary/aromatic N) is 1. The van der Waals surface area contributed by atoms with Crippen LogP contribution in [0.4, 0.5) is 16.2 Å². The first-order valence-corrected chi connectivity index (χ1v) is 8.46. The predicted octanol–water partition coefficient (Wildman–Crippen LogP) is 2.44. The van der Waals surface area contributed by atoms with Crippen molar-refractivity contribution in [3.05, 3.63) is 57.4 Å². The van der Waals surface area contributed by atoms with Crippen LogP contribution in [0.3, 0.4) is 0 Å². The van der Waals surface area contributed by atoms with Gasteiger partial charge in [0.1, 0.15) is 13.2 Å². The highest BCUT2D eigenvalue weighted by Gasteiger charge is 2.08. The van der Waals surface area contributed by atoms with Gasteiger partial charge in [0.05, 0.1) is 6.61 Å². The molecule has 1 aromatic heterocycles. The molecule has 0 aliphatic carbocycles. The number of halogens is 1. The van der Waals surface area contributed by atoms with Gasteiger partial charge in [0.25, 0.3) is 5.56 Å². The summed E-state index contributed by atoms with van der Waals surface area (Å²) in [5.41, 5.74) is 0.662. The number of pyridine rings is 1. The number of benzene rings is 1. The smallest absolute Gasteiger partial charge is 0.411 e. The molecule has 0 spiro atoms. The highest BCUT2D eigenvalue weighted by Crippen LogP contribution is 2.15. The Labute approximate surface area is 158 Å². The van der Waals surface area contributed by atoms with E-state index in [2.05, 4.69) is 26.6 Å². The second kappa shape index (κ2) is 9.73. The number of rotatable bonds is 7. The molecule has 138 valence electrons. The topological polar surface area (TPSA) is 98.7 Å². The molecule has 26 heavy (non-hydrogen) atoms. The van der Waals surface area contributed by atoms with Crippen molar-refractivity contribution < 1.29 is 19.1 Å². The van der Waals surface area contributed by atoms with Crippen LogP contribution in [0, 0.1) is 0 Å². The molecule has 0 bridgehead atoms. The number of hydrogen-bond acceptors (Lipinski definition) is 5. The van der Waals surface area contributed by atoms with Gasteiger partial charge in [-0.25, -0.2) is 4.79 Å².